The van der Waals surface area contributed by atoms with Crippen molar-refractivity contribution < 1.29 is 23.1 Å². The van der Waals surface area contributed by atoms with Crippen LogP contribution < -0.4 is 4.74 Å². The Hall–Kier alpha value is -5.36. The first-order chi connectivity index (χ1) is 21.7. The van der Waals surface area contributed by atoms with Crippen LogP contribution in [0.2, 0.25) is 0 Å². The SMILES string of the molecule is C=C.C=O.CC(C)(F)F.COc1ccc2c(c1)C(=O)Cc1cc(-c3cccc4c3c3ccccc3n4-c3ccccc3)ccc1-2. The lowest BCUT2D eigenvalue weighted by Crippen LogP contribution is -2.12. The maximum atomic E-state index is 13.1. The van der Waals surface area contributed by atoms with Gasteiger partial charge in [-0.1, -0.05) is 66.7 Å². The van der Waals surface area contributed by atoms with E-state index < -0.39 is 5.92 Å². The predicted octanol–water partition coefficient (Wildman–Crippen LogP) is 10.1. The van der Waals surface area contributed by atoms with Gasteiger partial charge in [-0.2, -0.15) is 0 Å². The topological polar surface area (TPSA) is 48.3 Å². The molecule has 0 unspecified atom stereocenters. The lowest BCUT2D eigenvalue weighted by atomic mass is 9.83. The van der Waals surface area contributed by atoms with Crippen LogP contribution in [-0.4, -0.2) is 30.2 Å². The molecule has 0 amide bonds. The first-order valence-electron chi connectivity index (χ1n) is 14.3. The number of carbonyl (C=O) groups is 2. The molecule has 7 rings (SSSR count). The second-order valence-electron chi connectivity index (χ2n) is 10.6. The summed E-state index contributed by atoms with van der Waals surface area (Å²) in [5, 5.41) is 2.45. The highest BCUT2D eigenvalue weighted by molar-refractivity contribution is 6.16. The van der Waals surface area contributed by atoms with Gasteiger partial charge < -0.3 is 14.1 Å². The predicted molar refractivity (Wildman–Crippen MR) is 181 cm³/mol. The molecule has 0 spiro atoms. The van der Waals surface area contributed by atoms with Gasteiger partial charge >= 0.3 is 0 Å². The van der Waals surface area contributed by atoms with Crippen molar-refractivity contribution in [2.24, 2.45) is 0 Å². The van der Waals surface area contributed by atoms with Crippen molar-refractivity contribution in [2.45, 2.75) is 26.2 Å². The summed E-state index contributed by atoms with van der Waals surface area (Å²) in [6.07, 6.45) is 0.394. The first-order valence-corrected chi connectivity index (χ1v) is 14.3. The molecule has 45 heavy (non-hydrogen) atoms. The van der Waals surface area contributed by atoms with Gasteiger partial charge in [-0.15, -0.1) is 13.2 Å². The van der Waals surface area contributed by atoms with Gasteiger partial charge in [-0.05, 0) is 84.1 Å². The highest BCUT2D eigenvalue weighted by Gasteiger charge is 2.24. The van der Waals surface area contributed by atoms with Gasteiger partial charge in [0, 0.05) is 28.4 Å². The summed E-state index contributed by atoms with van der Waals surface area (Å²) in [6.45, 7) is 9.71. The van der Waals surface area contributed by atoms with Crippen LogP contribution in [0.3, 0.4) is 0 Å². The van der Waals surface area contributed by atoms with Gasteiger partial charge in [-0.25, -0.2) is 8.78 Å². The van der Waals surface area contributed by atoms with Crippen LogP contribution in [0.5, 0.6) is 5.75 Å². The molecule has 0 radical (unpaired) electrons. The standard InChI is InChI=1S/C33H23NO2.C3H6F2.C2H4.CH2O/c1-36-24-15-17-27-25-16-14-21(18-22(25)19-32(35)29(27)20-24)26-11-7-13-31-33(26)28-10-5-6-12-30(28)34(31)23-8-3-2-4-9-23;1-3(2,4)5;2*1-2/h2-18,20H,19H2,1H3;1-2H3;1-2H2;1H2. The quantitative estimate of drug-likeness (QED) is 0.189. The van der Waals surface area contributed by atoms with Crippen molar-refractivity contribution in [1.29, 1.82) is 0 Å². The molecule has 1 aliphatic rings. The Labute approximate surface area is 262 Å². The molecule has 0 fully saturated rings. The van der Waals surface area contributed by atoms with E-state index in [2.05, 4.69) is 103 Å². The Kier molecular flexibility index (Phi) is 10.1. The van der Waals surface area contributed by atoms with Crippen molar-refractivity contribution in [3.8, 4) is 33.7 Å². The molecule has 0 saturated heterocycles. The summed E-state index contributed by atoms with van der Waals surface area (Å²) >= 11 is 0. The molecular formula is C39H35F2NO3. The zero-order valence-corrected chi connectivity index (χ0v) is 25.6. The van der Waals surface area contributed by atoms with Crippen LogP contribution >= 0.6 is 0 Å². The highest BCUT2D eigenvalue weighted by Crippen LogP contribution is 2.41. The van der Waals surface area contributed by atoms with Gasteiger partial charge in [0.05, 0.1) is 18.1 Å². The van der Waals surface area contributed by atoms with E-state index in [4.69, 9.17) is 9.53 Å². The van der Waals surface area contributed by atoms with Crippen molar-refractivity contribution in [3.63, 3.8) is 0 Å². The summed E-state index contributed by atoms with van der Waals surface area (Å²) in [5.41, 5.74) is 9.70. The van der Waals surface area contributed by atoms with E-state index in [0.29, 0.717) is 12.2 Å². The smallest absolute Gasteiger partial charge is 0.242 e. The van der Waals surface area contributed by atoms with Crippen LogP contribution in [-0.2, 0) is 11.2 Å². The van der Waals surface area contributed by atoms with E-state index in [1.165, 1.54) is 27.4 Å². The molecule has 1 heterocycles. The summed E-state index contributed by atoms with van der Waals surface area (Å²) in [4.78, 5) is 21.1. The Morgan fingerprint density at radius 1 is 0.711 bits per heavy atom. The summed E-state index contributed by atoms with van der Waals surface area (Å²) in [6, 6.07) is 37.9. The largest absolute Gasteiger partial charge is 0.497 e. The lowest BCUT2D eigenvalue weighted by molar-refractivity contribution is -0.0980. The number of hydrogen-bond acceptors (Lipinski definition) is 3. The van der Waals surface area contributed by atoms with Crippen molar-refractivity contribution in [1.82, 2.24) is 4.57 Å². The minimum atomic E-state index is -2.50. The van der Waals surface area contributed by atoms with E-state index in [9.17, 15) is 13.6 Å². The second-order valence-corrected chi connectivity index (χ2v) is 10.6. The molecular weight excluding hydrogens is 568 g/mol. The van der Waals surface area contributed by atoms with Gasteiger partial charge in [-0.3, -0.25) is 4.79 Å². The lowest BCUT2D eigenvalue weighted by Gasteiger charge is -2.20. The number of halogens is 2. The average molecular weight is 604 g/mol. The van der Waals surface area contributed by atoms with E-state index in [1.807, 2.05) is 31.1 Å². The van der Waals surface area contributed by atoms with Gasteiger partial charge in [0.2, 0.25) is 5.92 Å². The van der Waals surface area contributed by atoms with Crippen LogP contribution in [0, 0.1) is 0 Å². The molecule has 0 atom stereocenters. The molecule has 5 aromatic carbocycles. The molecule has 0 aliphatic heterocycles. The van der Waals surface area contributed by atoms with Crippen LogP contribution in [0.25, 0.3) is 49.7 Å². The maximum absolute atomic E-state index is 13.1. The fourth-order valence-corrected chi connectivity index (χ4v) is 5.67. The number of ether oxygens (including phenoxy) is 1. The van der Waals surface area contributed by atoms with E-state index in [-0.39, 0.29) is 5.78 Å². The molecule has 0 bridgehead atoms. The van der Waals surface area contributed by atoms with Crippen molar-refractivity contribution >= 4 is 34.4 Å². The number of rotatable bonds is 3. The summed E-state index contributed by atoms with van der Waals surface area (Å²) in [7, 11) is 1.63. The Morgan fingerprint density at radius 2 is 1.33 bits per heavy atom. The fraction of sp³-hybridized carbons (Fsp3) is 0.128. The average Bonchev–Trinajstić information content (AvgIpc) is 3.40. The highest BCUT2D eigenvalue weighted by atomic mass is 19.3. The molecule has 4 nitrogen and oxygen atoms in total. The number of Topliss-reactive ketones (excluding diaryl/α,β-unsaturated/α-hetero) is 1. The van der Waals surface area contributed by atoms with Crippen LogP contribution in [0.1, 0.15) is 29.8 Å². The summed E-state index contributed by atoms with van der Waals surface area (Å²) < 4.78 is 29.7. The molecule has 6 aromatic rings. The number of ketones is 1. The van der Waals surface area contributed by atoms with E-state index >= 15 is 0 Å². The molecule has 6 heteroatoms. The number of methoxy groups -OCH3 is 1. The number of benzene rings is 5. The van der Waals surface area contributed by atoms with Gasteiger partial charge in [0.1, 0.15) is 12.5 Å². The van der Waals surface area contributed by atoms with Crippen LogP contribution in [0.15, 0.2) is 122 Å². The maximum Gasteiger partial charge on any atom is 0.242 e. The number of hydrogen-bond donors (Lipinski definition) is 0. The third-order valence-electron chi connectivity index (χ3n) is 7.30. The zero-order valence-electron chi connectivity index (χ0n) is 25.6. The number of alkyl halides is 2. The monoisotopic (exact) mass is 603 g/mol. The zero-order chi connectivity index (χ0) is 32.7. The van der Waals surface area contributed by atoms with E-state index in [1.54, 1.807) is 7.11 Å². The summed E-state index contributed by atoms with van der Waals surface area (Å²) in [5.74, 6) is -1.66. The molecule has 0 saturated carbocycles. The van der Waals surface area contributed by atoms with Gasteiger partial charge in [0.25, 0.3) is 0 Å². The number of para-hydroxylation sites is 2. The Balaban J connectivity index is 0.000000462. The van der Waals surface area contributed by atoms with Crippen LogP contribution in [0.4, 0.5) is 8.78 Å². The number of nitrogens with zero attached hydrogens (tertiary/aromatic N) is 1. The number of fused-ring (bicyclic) bond motifs is 6. The van der Waals surface area contributed by atoms with E-state index in [0.717, 1.165) is 47.4 Å². The minimum absolute atomic E-state index is 0.132. The first kappa shape index (κ1) is 32.6. The molecule has 1 aromatic heterocycles. The van der Waals surface area contributed by atoms with Crippen molar-refractivity contribution in [2.75, 3.05) is 7.11 Å². The Bertz CT molecular complexity index is 1950. The number of carbonyl (C=O) groups excluding carboxylic acids is 2. The third kappa shape index (κ3) is 6.75. The van der Waals surface area contributed by atoms with Crippen molar-refractivity contribution in [3.05, 3.63) is 133 Å². The second kappa shape index (κ2) is 14.0. The fourth-order valence-electron chi connectivity index (χ4n) is 5.67. The molecule has 1 aliphatic carbocycles. The Morgan fingerprint density at radius 3 is 2.02 bits per heavy atom. The minimum Gasteiger partial charge on any atom is -0.497 e. The third-order valence-corrected chi connectivity index (χ3v) is 7.30. The number of aromatic nitrogens is 1. The normalized spacial score (nSPS) is 11.5. The molecule has 228 valence electrons. The van der Waals surface area contributed by atoms with Gasteiger partial charge in [0.15, 0.2) is 5.78 Å². The molecule has 0 N–H and O–H groups in total.